The third-order valence-corrected chi connectivity index (χ3v) is 2.79. The molecule has 0 fully saturated rings. The summed E-state index contributed by atoms with van der Waals surface area (Å²) in [5.41, 5.74) is 3.95. The Morgan fingerprint density at radius 3 is 3.13 bits per heavy atom. The van der Waals surface area contributed by atoms with E-state index >= 15 is 0 Å². The van der Waals surface area contributed by atoms with Gasteiger partial charge in [0.1, 0.15) is 5.69 Å². The summed E-state index contributed by atoms with van der Waals surface area (Å²) < 4.78 is 0. The number of hydrogen-bond donors (Lipinski definition) is 3. The number of aromatic amines is 2. The summed E-state index contributed by atoms with van der Waals surface area (Å²) in [6, 6.07) is 1.93. The summed E-state index contributed by atoms with van der Waals surface area (Å²) in [6.45, 7) is 0. The van der Waals surface area contributed by atoms with E-state index in [0.29, 0.717) is 0 Å². The van der Waals surface area contributed by atoms with Crippen molar-refractivity contribution in [1.29, 1.82) is 0 Å². The van der Waals surface area contributed by atoms with Crippen LogP contribution < -0.4 is 0 Å². The van der Waals surface area contributed by atoms with Gasteiger partial charge in [-0.1, -0.05) is 0 Å². The highest BCUT2D eigenvalue weighted by atomic mass is 16.4. The van der Waals surface area contributed by atoms with Gasteiger partial charge in [-0.15, -0.1) is 0 Å². The number of H-pyrrole nitrogens is 2. The number of fused-ring (bicyclic) bond motifs is 3. The van der Waals surface area contributed by atoms with Gasteiger partial charge in [-0.05, 0) is 18.9 Å². The van der Waals surface area contributed by atoms with Crippen LogP contribution in [-0.4, -0.2) is 26.3 Å². The van der Waals surface area contributed by atoms with Gasteiger partial charge in [0.05, 0.1) is 5.69 Å². The number of carboxylic acid groups (broad SMARTS) is 1. The molecule has 3 N–H and O–H groups in total. The van der Waals surface area contributed by atoms with Crippen molar-refractivity contribution in [2.45, 2.75) is 12.8 Å². The minimum atomic E-state index is -0.942. The minimum Gasteiger partial charge on any atom is -0.477 e. The molecule has 0 unspecified atom stereocenters. The summed E-state index contributed by atoms with van der Waals surface area (Å²) in [6.07, 6.45) is 3.42. The molecule has 0 saturated heterocycles. The van der Waals surface area contributed by atoms with Gasteiger partial charge in [-0.25, -0.2) is 4.79 Å². The van der Waals surface area contributed by atoms with Crippen LogP contribution in [0.15, 0.2) is 12.3 Å². The van der Waals surface area contributed by atoms with Crippen LogP contribution in [0.2, 0.25) is 0 Å². The lowest BCUT2D eigenvalue weighted by Crippen LogP contribution is -2.06. The maximum atomic E-state index is 10.9. The Balaban J connectivity index is 2.23. The lowest BCUT2D eigenvalue weighted by atomic mass is 9.94. The molecule has 3 rings (SSSR count). The van der Waals surface area contributed by atoms with Crippen molar-refractivity contribution in [1.82, 2.24) is 15.2 Å². The first-order valence-corrected chi connectivity index (χ1v) is 4.74. The van der Waals surface area contributed by atoms with E-state index in [4.69, 9.17) is 5.11 Å². The van der Waals surface area contributed by atoms with E-state index in [0.717, 1.165) is 35.4 Å². The molecule has 2 heterocycles. The molecule has 15 heavy (non-hydrogen) atoms. The lowest BCUT2D eigenvalue weighted by Gasteiger charge is -2.10. The highest BCUT2D eigenvalue weighted by Crippen LogP contribution is 2.32. The average Bonchev–Trinajstić information content (AvgIpc) is 2.82. The van der Waals surface area contributed by atoms with Crippen LogP contribution in [0.25, 0.3) is 11.3 Å². The second-order valence-corrected chi connectivity index (χ2v) is 3.60. The molecule has 0 saturated carbocycles. The van der Waals surface area contributed by atoms with E-state index in [-0.39, 0.29) is 5.69 Å². The maximum Gasteiger partial charge on any atom is 0.354 e. The Labute approximate surface area is 85.1 Å². The zero-order chi connectivity index (χ0) is 10.4. The standard InChI is InChI=1S/C10H9N3O2/c14-10(15)9-6-1-2-7-5(3-4-11-7)8(6)12-13-9/h3-4,11H,1-2H2,(H,12,13)(H,14,15). The van der Waals surface area contributed by atoms with Crippen molar-refractivity contribution in [3.8, 4) is 11.3 Å². The molecule has 2 aromatic rings. The number of aryl methyl sites for hydroxylation is 1. The van der Waals surface area contributed by atoms with Crippen LogP contribution in [0.4, 0.5) is 0 Å². The van der Waals surface area contributed by atoms with E-state index in [9.17, 15) is 4.79 Å². The average molecular weight is 203 g/mol. The fourth-order valence-electron chi connectivity index (χ4n) is 2.09. The summed E-state index contributed by atoms with van der Waals surface area (Å²) in [5.74, 6) is -0.942. The van der Waals surface area contributed by atoms with E-state index < -0.39 is 5.97 Å². The molecule has 5 heteroatoms. The van der Waals surface area contributed by atoms with Crippen LogP contribution in [0.5, 0.6) is 0 Å². The molecule has 0 amide bonds. The predicted octanol–water partition coefficient (Wildman–Crippen LogP) is 1.20. The number of nitrogens with one attached hydrogen (secondary N) is 2. The number of hydrogen-bond acceptors (Lipinski definition) is 2. The molecule has 0 spiro atoms. The second kappa shape index (κ2) is 2.73. The van der Waals surface area contributed by atoms with Gasteiger partial charge >= 0.3 is 5.97 Å². The second-order valence-electron chi connectivity index (χ2n) is 3.60. The third-order valence-electron chi connectivity index (χ3n) is 2.79. The molecule has 0 radical (unpaired) electrons. The van der Waals surface area contributed by atoms with Gasteiger partial charge in [-0.2, -0.15) is 5.10 Å². The molecule has 0 aliphatic heterocycles. The summed E-state index contributed by atoms with van der Waals surface area (Å²) in [7, 11) is 0. The third kappa shape index (κ3) is 1.03. The fourth-order valence-corrected chi connectivity index (χ4v) is 2.09. The van der Waals surface area contributed by atoms with Crippen molar-refractivity contribution in [2.24, 2.45) is 0 Å². The zero-order valence-corrected chi connectivity index (χ0v) is 7.87. The molecule has 0 bridgehead atoms. The van der Waals surface area contributed by atoms with Crippen molar-refractivity contribution < 1.29 is 9.90 Å². The predicted molar refractivity (Wildman–Crippen MR) is 52.7 cm³/mol. The number of aromatic nitrogens is 3. The van der Waals surface area contributed by atoms with Gasteiger partial charge in [0.25, 0.3) is 0 Å². The fraction of sp³-hybridized carbons (Fsp3) is 0.200. The van der Waals surface area contributed by atoms with Gasteiger partial charge in [-0.3, -0.25) is 5.10 Å². The topological polar surface area (TPSA) is 81.8 Å². The van der Waals surface area contributed by atoms with Crippen molar-refractivity contribution >= 4 is 5.97 Å². The van der Waals surface area contributed by atoms with Crippen LogP contribution in [0, 0.1) is 0 Å². The highest BCUT2D eigenvalue weighted by molar-refractivity contribution is 5.90. The summed E-state index contributed by atoms with van der Waals surface area (Å²) in [4.78, 5) is 14.0. The minimum absolute atomic E-state index is 0.219. The molecule has 2 aromatic heterocycles. The van der Waals surface area contributed by atoms with Crippen molar-refractivity contribution in [3.63, 3.8) is 0 Å². The Bertz CT molecular complexity index is 539. The highest BCUT2D eigenvalue weighted by Gasteiger charge is 2.25. The first-order chi connectivity index (χ1) is 7.27. The number of nitrogens with zero attached hydrogens (tertiary/aromatic N) is 1. The lowest BCUT2D eigenvalue weighted by molar-refractivity contribution is 0.0689. The SMILES string of the molecule is O=C(O)c1[nH]nc2c1CCc1[nH]ccc1-2. The molecule has 76 valence electrons. The van der Waals surface area contributed by atoms with Crippen LogP contribution in [0.1, 0.15) is 21.7 Å². The largest absolute Gasteiger partial charge is 0.477 e. The van der Waals surface area contributed by atoms with Crippen molar-refractivity contribution in [3.05, 3.63) is 29.2 Å². The molecular weight excluding hydrogens is 194 g/mol. The van der Waals surface area contributed by atoms with Crippen LogP contribution in [-0.2, 0) is 12.8 Å². The molecule has 5 nitrogen and oxygen atoms in total. The van der Waals surface area contributed by atoms with Gasteiger partial charge < -0.3 is 10.1 Å². The van der Waals surface area contributed by atoms with E-state index in [1.54, 1.807) is 0 Å². The quantitative estimate of drug-likeness (QED) is 0.651. The molecule has 0 aromatic carbocycles. The van der Waals surface area contributed by atoms with E-state index in [1.165, 1.54) is 0 Å². The molecular formula is C10H9N3O2. The Hall–Kier alpha value is -2.04. The number of aromatic carboxylic acids is 1. The Morgan fingerprint density at radius 2 is 2.33 bits per heavy atom. The Morgan fingerprint density at radius 1 is 1.47 bits per heavy atom. The summed E-state index contributed by atoms with van der Waals surface area (Å²) >= 11 is 0. The molecule has 0 atom stereocenters. The summed E-state index contributed by atoms with van der Waals surface area (Å²) in [5, 5.41) is 15.6. The van der Waals surface area contributed by atoms with Crippen molar-refractivity contribution in [2.75, 3.05) is 0 Å². The van der Waals surface area contributed by atoms with E-state index in [2.05, 4.69) is 15.2 Å². The van der Waals surface area contributed by atoms with Gasteiger partial charge in [0.15, 0.2) is 0 Å². The number of carboxylic acids is 1. The smallest absolute Gasteiger partial charge is 0.354 e. The van der Waals surface area contributed by atoms with E-state index in [1.807, 2.05) is 12.3 Å². The maximum absolute atomic E-state index is 10.9. The van der Waals surface area contributed by atoms with Crippen LogP contribution in [0.3, 0.4) is 0 Å². The molecule has 1 aliphatic rings. The first-order valence-electron chi connectivity index (χ1n) is 4.74. The first kappa shape index (κ1) is 8.28. The van der Waals surface area contributed by atoms with Gasteiger partial charge in [0.2, 0.25) is 0 Å². The number of rotatable bonds is 1. The Kier molecular flexibility index (Phi) is 1.50. The molecule has 1 aliphatic carbocycles. The zero-order valence-electron chi connectivity index (χ0n) is 7.87. The number of carbonyl (C=O) groups is 1. The van der Waals surface area contributed by atoms with Crippen LogP contribution >= 0.6 is 0 Å². The van der Waals surface area contributed by atoms with Gasteiger partial charge in [0, 0.05) is 23.0 Å². The normalized spacial score (nSPS) is 13.3. The monoisotopic (exact) mass is 203 g/mol.